The van der Waals surface area contributed by atoms with Crippen LogP contribution < -0.4 is 4.74 Å². The van der Waals surface area contributed by atoms with E-state index in [-0.39, 0.29) is 12.4 Å². The first-order valence-corrected chi connectivity index (χ1v) is 7.55. The van der Waals surface area contributed by atoms with Gasteiger partial charge in [0.1, 0.15) is 12.4 Å². The molecule has 2 unspecified atom stereocenters. The summed E-state index contributed by atoms with van der Waals surface area (Å²) < 4.78 is 16.7. The van der Waals surface area contributed by atoms with Crippen LogP contribution in [0, 0.1) is 0 Å². The van der Waals surface area contributed by atoms with Crippen LogP contribution in [0.3, 0.4) is 0 Å². The van der Waals surface area contributed by atoms with Crippen molar-refractivity contribution in [3.63, 3.8) is 0 Å². The molecule has 1 aromatic carbocycles. The Kier molecular flexibility index (Phi) is 7.89. The fourth-order valence-corrected chi connectivity index (χ4v) is 2.08. The average Bonchev–Trinajstić information content (AvgIpc) is 2.36. The fraction of sp³-hybridized carbons (Fsp3) is 0.571. The van der Waals surface area contributed by atoms with Gasteiger partial charge in [-0.3, -0.25) is 0 Å². The fourth-order valence-electron chi connectivity index (χ4n) is 1.53. The lowest BCUT2D eigenvalue weighted by molar-refractivity contribution is -0.153. The largest absolute Gasteiger partial charge is 0.491 e. The van der Waals surface area contributed by atoms with Gasteiger partial charge in [-0.1, -0.05) is 18.2 Å². The first-order valence-electron chi connectivity index (χ1n) is 6.16. The van der Waals surface area contributed by atoms with Crippen LogP contribution in [-0.4, -0.2) is 37.6 Å². The molecule has 0 fully saturated rings. The minimum atomic E-state index is -0.188. The van der Waals surface area contributed by atoms with Crippen molar-refractivity contribution in [2.45, 2.75) is 26.2 Å². The lowest BCUT2D eigenvalue weighted by Crippen LogP contribution is -2.23. The van der Waals surface area contributed by atoms with Gasteiger partial charge < -0.3 is 14.2 Å². The van der Waals surface area contributed by atoms with E-state index in [1.165, 1.54) is 0 Å². The van der Waals surface area contributed by atoms with Crippen molar-refractivity contribution in [2.75, 3.05) is 25.2 Å². The minimum Gasteiger partial charge on any atom is -0.491 e. The van der Waals surface area contributed by atoms with Crippen molar-refractivity contribution in [1.82, 2.24) is 0 Å². The van der Waals surface area contributed by atoms with Crippen LogP contribution in [0.4, 0.5) is 0 Å². The molecule has 0 spiro atoms. The molecule has 0 aliphatic heterocycles. The highest BCUT2D eigenvalue weighted by molar-refractivity contribution is 7.98. The van der Waals surface area contributed by atoms with E-state index in [1.807, 2.05) is 37.3 Å². The van der Waals surface area contributed by atoms with E-state index in [4.69, 9.17) is 14.2 Å². The highest BCUT2D eigenvalue weighted by Gasteiger charge is 2.07. The van der Waals surface area contributed by atoms with Gasteiger partial charge in [-0.05, 0) is 32.2 Å². The molecule has 0 N–H and O–H groups in total. The molecule has 0 aromatic heterocycles. The van der Waals surface area contributed by atoms with Gasteiger partial charge in [-0.25, -0.2) is 0 Å². The predicted molar refractivity (Wildman–Crippen MR) is 76.3 cm³/mol. The molecule has 0 saturated heterocycles. The van der Waals surface area contributed by atoms with Crippen molar-refractivity contribution in [2.24, 2.45) is 0 Å². The molecule has 0 aliphatic carbocycles. The highest BCUT2D eigenvalue weighted by Crippen LogP contribution is 2.08. The molecule has 0 amide bonds. The summed E-state index contributed by atoms with van der Waals surface area (Å²) in [7, 11) is 0. The summed E-state index contributed by atoms with van der Waals surface area (Å²) in [4.78, 5) is 0. The van der Waals surface area contributed by atoms with Gasteiger partial charge in [0.15, 0.2) is 6.29 Å². The number of benzene rings is 1. The zero-order valence-electron chi connectivity index (χ0n) is 11.3. The molecule has 4 heteroatoms. The number of thioether (sulfide) groups is 1. The third-order valence-corrected chi connectivity index (χ3v) is 3.08. The summed E-state index contributed by atoms with van der Waals surface area (Å²) in [6.45, 7) is 5.03. The van der Waals surface area contributed by atoms with Gasteiger partial charge in [-0.2, -0.15) is 11.8 Å². The number of hydrogen-bond donors (Lipinski definition) is 0. The van der Waals surface area contributed by atoms with Gasteiger partial charge >= 0.3 is 0 Å². The van der Waals surface area contributed by atoms with Crippen molar-refractivity contribution in [3.8, 4) is 5.75 Å². The van der Waals surface area contributed by atoms with Crippen LogP contribution in [0.1, 0.15) is 13.8 Å². The molecule has 0 heterocycles. The Hall–Kier alpha value is -0.710. The van der Waals surface area contributed by atoms with E-state index < -0.39 is 0 Å². The molecule has 0 aliphatic rings. The van der Waals surface area contributed by atoms with Gasteiger partial charge in [0, 0.05) is 5.75 Å². The van der Waals surface area contributed by atoms with Crippen LogP contribution in [-0.2, 0) is 9.47 Å². The second-order valence-electron chi connectivity index (χ2n) is 4.00. The van der Waals surface area contributed by atoms with Crippen LogP contribution >= 0.6 is 11.8 Å². The molecule has 3 nitrogen and oxygen atoms in total. The van der Waals surface area contributed by atoms with Crippen LogP contribution in [0.25, 0.3) is 0 Å². The number of ether oxygens (including phenoxy) is 3. The maximum Gasteiger partial charge on any atom is 0.155 e. The first-order chi connectivity index (χ1) is 8.72. The molecule has 1 aromatic rings. The van der Waals surface area contributed by atoms with Crippen LogP contribution in [0.15, 0.2) is 30.3 Å². The second-order valence-corrected chi connectivity index (χ2v) is 4.91. The van der Waals surface area contributed by atoms with Gasteiger partial charge in [0.05, 0.1) is 12.7 Å². The Morgan fingerprint density at radius 2 is 1.83 bits per heavy atom. The van der Waals surface area contributed by atoms with E-state index in [1.54, 1.807) is 11.8 Å². The van der Waals surface area contributed by atoms with E-state index in [9.17, 15) is 0 Å². The number of para-hydroxylation sites is 1. The van der Waals surface area contributed by atoms with Crippen molar-refractivity contribution in [1.29, 1.82) is 0 Å². The lowest BCUT2D eigenvalue weighted by atomic mass is 10.3. The Bertz CT molecular complexity index is 305. The van der Waals surface area contributed by atoms with E-state index in [2.05, 4.69) is 13.2 Å². The summed E-state index contributed by atoms with van der Waals surface area (Å²) >= 11 is 1.77. The average molecular weight is 270 g/mol. The Labute approximate surface area is 114 Å². The van der Waals surface area contributed by atoms with Gasteiger partial charge in [0.2, 0.25) is 0 Å². The normalized spacial score (nSPS) is 14.2. The van der Waals surface area contributed by atoms with E-state index >= 15 is 0 Å². The van der Waals surface area contributed by atoms with Gasteiger partial charge in [0.25, 0.3) is 0 Å². The lowest BCUT2D eigenvalue weighted by Gasteiger charge is -2.19. The summed E-state index contributed by atoms with van der Waals surface area (Å²) in [5.41, 5.74) is 0. The summed E-state index contributed by atoms with van der Waals surface area (Å²) in [6, 6.07) is 9.73. The molecular weight excluding hydrogens is 248 g/mol. The second kappa shape index (κ2) is 9.25. The van der Waals surface area contributed by atoms with Crippen molar-refractivity contribution < 1.29 is 14.2 Å². The highest BCUT2D eigenvalue weighted by atomic mass is 32.2. The molecule has 0 bridgehead atoms. The van der Waals surface area contributed by atoms with Crippen molar-refractivity contribution >= 4 is 11.8 Å². The standard InChI is InChI=1S/C14H22O3S/c1-12(11-18-3)17-13(2)15-9-10-16-14-7-5-4-6-8-14/h4-8,12-13H,9-11H2,1-3H3. The quantitative estimate of drug-likeness (QED) is 0.509. The smallest absolute Gasteiger partial charge is 0.155 e. The molecule has 2 atom stereocenters. The predicted octanol–water partition coefficient (Wildman–Crippen LogP) is 3.20. The van der Waals surface area contributed by atoms with Crippen molar-refractivity contribution in [3.05, 3.63) is 30.3 Å². The zero-order chi connectivity index (χ0) is 13.2. The Balaban J connectivity index is 2.07. The third kappa shape index (κ3) is 6.89. The molecular formula is C14H22O3S. The SMILES string of the molecule is CSCC(C)OC(C)OCCOc1ccccc1. The number of rotatable bonds is 9. The summed E-state index contributed by atoms with van der Waals surface area (Å²) in [5, 5.41) is 0. The maximum atomic E-state index is 5.64. The Morgan fingerprint density at radius 3 is 2.50 bits per heavy atom. The van der Waals surface area contributed by atoms with Gasteiger partial charge in [-0.15, -0.1) is 0 Å². The minimum absolute atomic E-state index is 0.188. The monoisotopic (exact) mass is 270 g/mol. The molecule has 0 saturated carbocycles. The molecule has 102 valence electrons. The van der Waals surface area contributed by atoms with E-state index in [0.29, 0.717) is 13.2 Å². The van der Waals surface area contributed by atoms with Crippen LogP contribution in [0.2, 0.25) is 0 Å². The topological polar surface area (TPSA) is 27.7 Å². The maximum absolute atomic E-state index is 5.64. The Morgan fingerprint density at radius 1 is 1.11 bits per heavy atom. The van der Waals surface area contributed by atoms with Crippen LogP contribution in [0.5, 0.6) is 5.75 Å². The molecule has 18 heavy (non-hydrogen) atoms. The summed E-state index contributed by atoms with van der Waals surface area (Å²) in [6.07, 6.45) is 2.09. The first kappa shape index (κ1) is 15.3. The molecule has 0 radical (unpaired) electrons. The molecule has 1 rings (SSSR count). The summed E-state index contributed by atoms with van der Waals surface area (Å²) in [5.74, 6) is 1.85. The third-order valence-electron chi connectivity index (χ3n) is 2.27. The number of hydrogen-bond acceptors (Lipinski definition) is 4. The zero-order valence-corrected chi connectivity index (χ0v) is 12.1. The van der Waals surface area contributed by atoms with E-state index in [0.717, 1.165) is 11.5 Å².